The number of aliphatic imine (C=N–C) groups is 1. The second-order valence-electron chi connectivity index (χ2n) is 6.73. The lowest BCUT2D eigenvalue weighted by atomic mass is 9.95. The van der Waals surface area contributed by atoms with Gasteiger partial charge in [-0.05, 0) is 42.2 Å². The van der Waals surface area contributed by atoms with Crippen molar-refractivity contribution in [2.75, 3.05) is 6.61 Å². The van der Waals surface area contributed by atoms with Crippen molar-refractivity contribution in [2.24, 2.45) is 16.6 Å². The van der Waals surface area contributed by atoms with Crippen LogP contribution < -0.4 is 10.5 Å². The van der Waals surface area contributed by atoms with E-state index in [1.54, 1.807) is 12.1 Å². The number of carbonyl (C=O) groups excluding carboxylic acids is 1. The van der Waals surface area contributed by atoms with E-state index in [1.165, 1.54) is 5.56 Å². The highest BCUT2D eigenvalue weighted by Crippen LogP contribution is 2.30. The van der Waals surface area contributed by atoms with Crippen LogP contribution in [0.2, 0.25) is 0 Å². The van der Waals surface area contributed by atoms with Gasteiger partial charge in [-0.15, -0.1) is 24.8 Å². The van der Waals surface area contributed by atoms with Gasteiger partial charge in [-0.3, -0.25) is 14.6 Å². The first kappa shape index (κ1) is 26.7. The van der Waals surface area contributed by atoms with Crippen molar-refractivity contribution in [3.63, 3.8) is 0 Å². The number of halogens is 2. The number of amidine groups is 1. The van der Waals surface area contributed by atoms with Crippen LogP contribution in [0, 0.1) is 5.92 Å². The fourth-order valence-corrected chi connectivity index (χ4v) is 3.95. The lowest BCUT2D eigenvalue weighted by molar-refractivity contribution is -0.143. The highest BCUT2D eigenvalue weighted by molar-refractivity contribution is 8.15. The van der Waals surface area contributed by atoms with Gasteiger partial charge < -0.3 is 15.6 Å². The fourth-order valence-electron chi connectivity index (χ4n) is 3.02. The molecule has 7 nitrogen and oxygen atoms in total. The molecule has 1 amide bonds. The molecule has 0 fully saturated rings. The first-order valence-corrected chi connectivity index (χ1v) is 10.3. The Morgan fingerprint density at radius 3 is 2.39 bits per heavy atom. The first-order valence-electron chi connectivity index (χ1n) is 9.39. The van der Waals surface area contributed by atoms with Crippen LogP contribution in [0.5, 0.6) is 5.75 Å². The summed E-state index contributed by atoms with van der Waals surface area (Å²) in [5.74, 6) is -1.71. The van der Waals surface area contributed by atoms with E-state index in [-0.39, 0.29) is 36.4 Å². The standard InChI is InChI=1S/C21H23N3O4S.2ClH/c1-2-13-3-6-15(23-12-13)9-10-28-16-7-4-14(5-8-16)11-17(20(26)27)18-19(25)24-21(22)29-18;;/h3-8,12,17-18H,2,9-11H2,1H3,(H,26,27)(H2,22,24,25);2*1H. The Labute approximate surface area is 197 Å². The number of carboxylic acids is 1. The van der Waals surface area contributed by atoms with Gasteiger partial charge in [-0.1, -0.05) is 36.9 Å². The van der Waals surface area contributed by atoms with Crippen LogP contribution >= 0.6 is 36.6 Å². The minimum absolute atomic E-state index is 0. The van der Waals surface area contributed by atoms with Crippen molar-refractivity contribution in [1.29, 1.82) is 0 Å². The Balaban J connectivity index is 0.00000240. The highest BCUT2D eigenvalue weighted by Gasteiger charge is 2.38. The van der Waals surface area contributed by atoms with Gasteiger partial charge in [-0.2, -0.15) is 4.99 Å². The lowest BCUT2D eigenvalue weighted by Gasteiger charge is -2.17. The van der Waals surface area contributed by atoms with Gasteiger partial charge in [0.15, 0.2) is 5.17 Å². The van der Waals surface area contributed by atoms with Gasteiger partial charge in [0, 0.05) is 18.3 Å². The van der Waals surface area contributed by atoms with Gasteiger partial charge in [0.1, 0.15) is 11.0 Å². The molecule has 1 aliphatic heterocycles. The summed E-state index contributed by atoms with van der Waals surface area (Å²) in [6.07, 6.45) is 3.77. The first-order chi connectivity index (χ1) is 14.0. The number of pyridine rings is 1. The summed E-state index contributed by atoms with van der Waals surface area (Å²) < 4.78 is 5.76. The Morgan fingerprint density at radius 2 is 1.87 bits per heavy atom. The number of benzene rings is 1. The maximum absolute atomic E-state index is 11.9. The predicted molar refractivity (Wildman–Crippen MR) is 127 cm³/mol. The van der Waals surface area contributed by atoms with E-state index >= 15 is 0 Å². The van der Waals surface area contributed by atoms with Crippen molar-refractivity contribution in [2.45, 2.75) is 31.4 Å². The number of aryl methyl sites for hydroxylation is 1. The van der Waals surface area contributed by atoms with Crippen LogP contribution in [-0.2, 0) is 28.9 Å². The number of rotatable bonds is 9. The summed E-state index contributed by atoms with van der Waals surface area (Å²) in [5, 5.41) is 8.86. The molecule has 3 rings (SSSR count). The van der Waals surface area contributed by atoms with E-state index in [4.69, 9.17) is 10.5 Å². The molecule has 2 aromatic rings. The maximum Gasteiger partial charge on any atom is 0.308 e. The van der Waals surface area contributed by atoms with Crippen molar-refractivity contribution >= 4 is 53.6 Å². The van der Waals surface area contributed by atoms with Crippen LogP contribution in [0.25, 0.3) is 0 Å². The molecule has 168 valence electrons. The molecule has 0 bridgehead atoms. The summed E-state index contributed by atoms with van der Waals surface area (Å²) in [6.45, 7) is 2.59. The third kappa shape index (κ3) is 7.41. The van der Waals surface area contributed by atoms with Crippen molar-refractivity contribution < 1.29 is 19.4 Å². The molecule has 1 aliphatic rings. The SMILES string of the molecule is CCc1ccc(CCOc2ccc(CC(C(=O)O)C3SC(N)=NC3=O)cc2)nc1.Cl.Cl. The van der Waals surface area contributed by atoms with E-state index in [0.29, 0.717) is 18.8 Å². The van der Waals surface area contributed by atoms with Gasteiger partial charge in [0.2, 0.25) is 0 Å². The Bertz CT molecular complexity index is 908. The summed E-state index contributed by atoms with van der Waals surface area (Å²) in [4.78, 5) is 31.5. The topological polar surface area (TPSA) is 115 Å². The molecule has 0 spiro atoms. The molecule has 0 saturated heterocycles. The fraction of sp³-hybridized carbons (Fsp3) is 0.333. The number of carbonyl (C=O) groups is 2. The molecule has 2 atom stereocenters. The smallest absolute Gasteiger partial charge is 0.308 e. The second kappa shape index (κ2) is 12.5. The quantitative estimate of drug-likeness (QED) is 0.559. The summed E-state index contributed by atoms with van der Waals surface area (Å²) >= 11 is 1.01. The van der Waals surface area contributed by atoms with Gasteiger partial charge >= 0.3 is 5.97 Å². The lowest BCUT2D eigenvalue weighted by Crippen LogP contribution is -2.31. The monoisotopic (exact) mass is 485 g/mol. The molecule has 2 unspecified atom stereocenters. The average molecular weight is 486 g/mol. The van der Waals surface area contributed by atoms with Crippen molar-refractivity contribution in [3.05, 3.63) is 59.4 Å². The number of nitrogens with two attached hydrogens (primary N) is 1. The molecule has 0 radical (unpaired) electrons. The number of amides is 1. The minimum atomic E-state index is -1.04. The molecule has 1 aromatic carbocycles. The summed E-state index contributed by atoms with van der Waals surface area (Å²) in [6, 6.07) is 11.3. The molecule has 10 heteroatoms. The van der Waals surface area contributed by atoms with Gasteiger partial charge in [-0.25, -0.2) is 0 Å². The zero-order valence-corrected chi connectivity index (χ0v) is 19.3. The number of aliphatic carboxylic acids is 1. The largest absolute Gasteiger partial charge is 0.493 e. The number of carboxylic acid groups (broad SMARTS) is 1. The zero-order valence-electron chi connectivity index (χ0n) is 16.9. The molecule has 3 N–H and O–H groups in total. The van der Waals surface area contributed by atoms with E-state index in [0.717, 1.165) is 29.4 Å². The maximum atomic E-state index is 11.9. The Hall–Kier alpha value is -2.29. The van der Waals surface area contributed by atoms with Crippen molar-refractivity contribution in [3.8, 4) is 5.75 Å². The molecular formula is C21H25Cl2N3O4S. The minimum Gasteiger partial charge on any atom is -0.493 e. The normalized spacial score (nSPS) is 16.0. The number of aromatic nitrogens is 1. The number of ether oxygens (including phenoxy) is 1. The van der Waals surface area contributed by atoms with E-state index in [2.05, 4.69) is 23.0 Å². The number of thioether (sulfide) groups is 1. The van der Waals surface area contributed by atoms with Gasteiger partial charge in [0.05, 0.1) is 12.5 Å². The van der Waals surface area contributed by atoms with E-state index in [9.17, 15) is 14.7 Å². The van der Waals surface area contributed by atoms with Crippen molar-refractivity contribution in [1.82, 2.24) is 4.98 Å². The Kier molecular flexibility index (Phi) is 10.8. The number of hydrogen-bond acceptors (Lipinski definition) is 6. The third-order valence-electron chi connectivity index (χ3n) is 4.69. The van der Waals surface area contributed by atoms with Crippen LogP contribution in [0.4, 0.5) is 0 Å². The van der Waals surface area contributed by atoms with Crippen LogP contribution in [0.15, 0.2) is 47.6 Å². The Morgan fingerprint density at radius 1 is 1.19 bits per heavy atom. The molecule has 0 saturated carbocycles. The van der Waals surface area contributed by atoms with E-state index < -0.39 is 23.0 Å². The molecular weight excluding hydrogens is 461 g/mol. The zero-order chi connectivity index (χ0) is 20.8. The summed E-state index contributed by atoms with van der Waals surface area (Å²) in [7, 11) is 0. The van der Waals surface area contributed by atoms with Gasteiger partial charge in [0.25, 0.3) is 5.91 Å². The highest BCUT2D eigenvalue weighted by atomic mass is 35.5. The third-order valence-corrected chi connectivity index (χ3v) is 5.81. The number of hydrogen-bond donors (Lipinski definition) is 2. The summed E-state index contributed by atoms with van der Waals surface area (Å²) in [5.41, 5.74) is 8.53. The van der Waals surface area contributed by atoms with Crippen LogP contribution in [0.3, 0.4) is 0 Å². The van der Waals surface area contributed by atoms with Crippen LogP contribution in [0.1, 0.15) is 23.7 Å². The molecule has 1 aromatic heterocycles. The predicted octanol–water partition coefficient (Wildman–Crippen LogP) is 3.31. The molecule has 0 aliphatic carbocycles. The molecule has 31 heavy (non-hydrogen) atoms. The second-order valence-corrected chi connectivity index (χ2v) is 7.89. The van der Waals surface area contributed by atoms with Crippen LogP contribution in [-0.4, -0.2) is 39.0 Å². The number of nitrogens with zero attached hydrogens (tertiary/aromatic N) is 2. The average Bonchev–Trinajstić information content (AvgIpc) is 3.05. The molecule has 2 heterocycles. The van der Waals surface area contributed by atoms with E-state index in [1.807, 2.05) is 24.4 Å².